The van der Waals surface area contributed by atoms with E-state index in [2.05, 4.69) is 9.73 Å². The van der Waals surface area contributed by atoms with Crippen LogP contribution < -0.4 is 5.73 Å². The van der Waals surface area contributed by atoms with Gasteiger partial charge in [-0.15, -0.1) is 0 Å². The van der Waals surface area contributed by atoms with Gasteiger partial charge in [0, 0.05) is 12.1 Å². The molecule has 1 unspecified atom stereocenters. The van der Waals surface area contributed by atoms with Gasteiger partial charge in [-0.1, -0.05) is 6.07 Å². The van der Waals surface area contributed by atoms with Gasteiger partial charge in [-0.3, -0.25) is 9.59 Å². The second-order valence-corrected chi connectivity index (χ2v) is 5.32. The van der Waals surface area contributed by atoms with Crippen molar-refractivity contribution in [3.05, 3.63) is 35.4 Å². The van der Waals surface area contributed by atoms with E-state index < -0.39 is 17.9 Å². The Kier molecular flexibility index (Phi) is 5.10. The highest BCUT2D eigenvalue weighted by atomic mass is 16.5. The molecule has 0 radical (unpaired) electrons. The van der Waals surface area contributed by atoms with Crippen molar-refractivity contribution in [2.75, 3.05) is 13.7 Å². The third kappa shape index (κ3) is 3.74. The standard InChI is InChI=1S/C16H19N3O4/c1-10(17)18-14(20)13-7-4-8-19(13)15(21)11-5-3-6-12(9-11)16(22)23-2/h3,5-6,9,13H,4,7-8H2,1-2H3,(H2,17,18,20). The molecule has 2 N–H and O–H groups in total. The van der Waals surface area contributed by atoms with E-state index in [1.807, 2.05) is 0 Å². The smallest absolute Gasteiger partial charge is 0.337 e. The molecule has 1 aromatic rings. The lowest BCUT2D eigenvalue weighted by Crippen LogP contribution is -2.40. The summed E-state index contributed by atoms with van der Waals surface area (Å²) in [6, 6.07) is 5.63. The molecule has 2 rings (SSSR count). The van der Waals surface area contributed by atoms with Gasteiger partial charge in [-0.2, -0.15) is 4.99 Å². The van der Waals surface area contributed by atoms with Crippen LogP contribution in [0.25, 0.3) is 0 Å². The van der Waals surface area contributed by atoms with Crippen LogP contribution in [0.3, 0.4) is 0 Å². The van der Waals surface area contributed by atoms with Crippen molar-refractivity contribution in [3.8, 4) is 0 Å². The van der Waals surface area contributed by atoms with Gasteiger partial charge in [0.2, 0.25) is 0 Å². The molecule has 122 valence electrons. The number of esters is 1. The molecule has 1 aliphatic heterocycles. The van der Waals surface area contributed by atoms with Gasteiger partial charge in [-0.05, 0) is 38.0 Å². The van der Waals surface area contributed by atoms with Crippen molar-refractivity contribution in [3.63, 3.8) is 0 Å². The third-order valence-corrected chi connectivity index (χ3v) is 3.62. The first kappa shape index (κ1) is 16.7. The van der Waals surface area contributed by atoms with Gasteiger partial charge in [0.05, 0.1) is 18.5 Å². The number of amidine groups is 1. The number of hydrogen-bond acceptors (Lipinski definition) is 4. The maximum atomic E-state index is 12.7. The monoisotopic (exact) mass is 317 g/mol. The van der Waals surface area contributed by atoms with Crippen molar-refractivity contribution in [2.24, 2.45) is 10.7 Å². The highest BCUT2D eigenvalue weighted by molar-refractivity contribution is 6.02. The highest BCUT2D eigenvalue weighted by Crippen LogP contribution is 2.22. The average molecular weight is 317 g/mol. The zero-order valence-electron chi connectivity index (χ0n) is 13.1. The third-order valence-electron chi connectivity index (χ3n) is 3.62. The van der Waals surface area contributed by atoms with E-state index in [-0.39, 0.29) is 17.3 Å². The Hall–Kier alpha value is -2.70. The number of ether oxygens (including phenoxy) is 1. The van der Waals surface area contributed by atoms with Crippen molar-refractivity contribution in [1.29, 1.82) is 0 Å². The van der Waals surface area contributed by atoms with Crippen LogP contribution in [0.1, 0.15) is 40.5 Å². The number of methoxy groups -OCH3 is 1. The molecule has 0 bridgehead atoms. The number of nitrogens with two attached hydrogens (primary N) is 1. The second kappa shape index (κ2) is 7.04. The summed E-state index contributed by atoms with van der Waals surface area (Å²) in [7, 11) is 1.28. The molecular formula is C16H19N3O4. The Morgan fingerprint density at radius 1 is 1.30 bits per heavy atom. The molecule has 0 aromatic heterocycles. The van der Waals surface area contributed by atoms with Crippen LogP contribution in [0.2, 0.25) is 0 Å². The van der Waals surface area contributed by atoms with Crippen LogP contribution >= 0.6 is 0 Å². The molecule has 0 saturated carbocycles. The first-order valence-electron chi connectivity index (χ1n) is 7.28. The van der Waals surface area contributed by atoms with E-state index in [9.17, 15) is 14.4 Å². The SMILES string of the molecule is COC(=O)c1cccc(C(=O)N2CCCC2C(=O)N=C(C)N)c1. The van der Waals surface area contributed by atoms with Gasteiger partial charge in [0.15, 0.2) is 0 Å². The van der Waals surface area contributed by atoms with Crippen molar-refractivity contribution < 1.29 is 19.1 Å². The molecule has 0 aliphatic carbocycles. The lowest BCUT2D eigenvalue weighted by Gasteiger charge is -2.22. The molecule has 1 saturated heterocycles. The molecular weight excluding hydrogens is 298 g/mol. The van der Waals surface area contributed by atoms with E-state index in [0.717, 1.165) is 6.42 Å². The molecule has 1 aromatic carbocycles. The minimum absolute atomic E-state index is 0.169. The van der Waals surface area contributed by atoms with E-state index in [1.54, 1.807) is 18.2 Å². The summed E-state index contributed by atoms with van der Waals surface area (Å²) in [6.45, 7) is 2.00. The Morgan fingerprint density at radius 3 is 2.65 bits per heavy atom. The summed E-state index contributed by atoms with van der Waals surface area (Å²) < 4.78 is 4.65. The van der Waals surface area contributed by atoms with Crippen LogP contribution in [-0.4, -0.2) is 48.2 Å². The van der Waals surface area contributed by atoms with Gasteiger partial charge in [-0.25, -0.2) is 4.79 Å². The fraction of sp³-hybridized carbons (Fsp3) is 0.375. The maximum absolute atomic E-state index is 12.7. The minimum atomic E-state index is -0.609. The number of amides is 2. The van der Waals surface area contributed by atoms with E-state index in [0.29, 0.717) is 18.5 Å². The zero-order valence-corrected chi connectivity index (χ0v) is 13.1. The van der Waals surface area contributed by atoms with Crippen molar-refractivity contribution >= 4 is 23.6 Å². The summed E-state index contributed by atoms with van der Waals surface area (Å²) in [6.07, 6.45) is 1.27. The molecule has 1 aliphatic rings. The number of rotatable bonds is 3. The molecule has 23 heavy (non-hydrogen) atoms. The summed E-state index contributed by atoms with van der Waals surface area (Å²) in [5, 5.41) is 0. The average Bonchev–Trinajstić information content (AvgIpc) is 3.02. The summed E-state index contributed by atoms with van der Waals surface area (Å²) >= 11 is 0. The molecule has 1 fully saturated rings. The van der Waals surface area contributed by atoms with Gasteiger partial charge in [0.1, 0.15) is 6.04 Å². The quantitative estimate of drug-likeness (QED) is 0.508. The largest absolute Gasteiger partial charge is 0.465 e. The lowest BCUT2D eigenvalue weighted by atomic mass is 10.1. The molecule has 7 heteroatoms. The number of aliphatic imine (C=N–C) groups is 1. The maximum Gasteiger partial charge on any atom is 0.337 e. The topological polar surface area (TPSA) is 102 Å². The lowest BCUT2D eigenvalue weighted by molar-refractivity contribution is -0.121. The van der Waals surface area contributed by atoms with Crippen LogP contribution in [0.15, 0.2) is 29.3 Å². The van der Waals surface area contributed by atoms with Crippen molar-refractivity contribution in [1.82, 2.24) is 4.90 Å². The number of carbonyl (C=O) groups is 3. The van der Waals surface area contributed by atoms with Crippen LogP contribution in [0, 0.1) is 0 Å². The molecule has 1 heterocycles. The number of benzene rings is 1. The van der Waals surface area contributed by atoms with Gasteiger partial charge < -0.3 is 15.4 Å². The molecule has 0 spiro atoms. The number of hydrogen-bond donors (Lipinski definition) is 1. The first-order chi connectivity index (χ1) is 10.9. The first-order valence-corrected chi connectivity index (χ1v) is 7.28. The van der Waals surface area contributed by atoms with Crippen LogP contribution in [0.4, 0.5) is 0 Å². The fourth-order valence-corrected chi connectivity index (χ4v) is 2.58. The highest BCUT2D eigenvalue weighted by Gasteiger charge is 2.34. The second-order valence-electron chi connectivity index (χ2n) is 5.32. The Morgan fingerprint density at radius 2 is 2.00 bits per heavy atom. The minimum Gasteiger partial charge on any atom is -0.465 e. The predicted octanol–water partition coefficient (Wildman–Crippen LogP) is 0.981. The van der Waals surface area contributed by atoms with Gasteiger partial charge >= 0.3 is 5.97 Å². The fourth-order valence-electron chi connectivity index (χ4n) is 2.58. The Bertz CT molecular complexity index is 665. The molecule has 2 amide bonds. The van der Waals surface area contributed by atoms with Crippen LogP contribution in [-0.2, 0) is 9.53 Å². The Balaban J connectivity index is 2.24. The predicted molar refractivity (Wildman–Crippen MR) is 84.1 cm³/mol. The number of likely N-dealkylation sites (tertiary alicyclic amines) is 1. The summed E-state index contributed by atoms with van der Waals surface area (Å²) in [5.41, 5.74) is 6.06. The van der Waals surface area contributed by atoms with E-state index in [1.165, 1.54) is 25.0 Å². The van der Waals surface area contributed by atoms with Crippen LogP contribution in [0.5, 0.6) is 0 Å². The zero-order chi connectivity index (χ0) is 17.0. The van der Waals surface area contributed by atoms with Crippen molar-refractivity contribution in [2.45, 2.75) is 25.8 Å². The normalized spacial score (nSPS) is 17.9. The number of nitrogens with zero attached hydrogens (tertiary/aromatic N) is 2. The van der Waals surface area contributed by atoms with Gasteiger partial charge in [0.25, 0.3) is 11.8 Å². The summed E-state index contributed by atoms with van der Waals surface area (Å²) in [5.74, 6) is -1.07. The molecule has 7 nitrogen and oxygen atoms in total. The Labute approximate surface area is 134 Å². The molecule has 1 atom stereocenters. The van der Waals surface area contributed by atoms with E-state index >= 15 is 0 Å². The number of carbonyl (C=O) groups excluding carboxylic acids is 3. The van der Waals surface area contributed by atoms with E-state index in [4.69, 9.17) is 5.73 Å². The summed E-state index contributed by atoms with van der Waals surface area (Å²) in [4.78, 5) is 41.5.